The summed E-state index contributed by atoms with van der Waals surface area (Å²) in [6.45, 7) is 1.23. The molecule has 0 fully saturated rings. The molecular weight excluding hydrogens is 275 g/mol. The molecule has 0 atom stereocenters. The van der Waals surface area contributed by atoms with Gasteiger partial charge in [0.15, 0.2) is 0 Å². The number of aryl methyl sites for hydroxylation is 1. The van der Waals surface area contributed by atoms with Gasteiger partial charge in [-0.1, -0.05) is 0 Å². The van der Waals surface area contributed by atoms with Crippen LogP contribution in [0.3, 0.4) is 0 Å². The number of hydrogen-bond acceptors (Lipinski definition) is 4. The van der Waals surface area contributed by atoms with Gasteiger partial charge in [0, 0.05) is 11.9 Å². The Labute approximate surface area is 111 Å². The average molecular weight is 285 g/mol. The third kappa shape index (κ3) is 3.31. The molecule has 2 aromatic rings. The van der Waals surface area contributed by atoms with E-state index >= 15 is 0 Å². The maximum Gasteiger partial charge on any atom is 0.433 e. The molecule has 6 nitrogen and oxygen atoms in total. The number of nitrogens with one attached hydrogen (secondary N) is 2. The molecule has 0 aliphatic carbocycles. The van der Waals surface area contributed by atoms with E-state index in [9.17, 15) is 18.0 Å². The molecule has 1 amide bonds. The molecular formula is C11H10F3N5O. The van der Waals surface area contributed by atoms with E-state index in [1.54, 1.807) is 0 Å². The first-order chi connectivity index (χ1) is 9.36. The Kier molecular flexibility index (Phi) is 3.68. The van der Waals surface area contributed by atoms with Crippen molar-refractivity contribution in [2.45, 2.75) is 19.6 Å². The van der Waals surface area contributed by atoms with Crippen molar-refractivity contribution >= 4 is 5.91 Å². The largest absolute Gasteiger partial charge is 0.433 e. The maximum atomic E-state index is 12.6. The number of carbonyl (C=O) groups is 1. The number of aromatic amines is 1. The van der Waals surface area contributed by atoms with Crippen LogP contribution in [0.1, 0.15) is 27.6 Å². The quantitative estimate of drug-likeness (QED) is 0.894. The second-order valence-electron chi connectivity index (χ2n) is 3.98. The zero-order valence-electron chi connectivity index (χ0n) is 10.3. The van der Waals surface area contributed by atoms with Gasteiger partial charge in [0.25, 0.3) is 5.91 Å². The Balaban J connectivity index is 2.10. The van der Waals surface area contributed by atoms with Crippen molar-refractivity contribution < 1.29 is 18.0 Å². The third-order valence-corrected chi connectivity index (χ3v) is 2.36. The molecule has 2 N–H and O–H groups in total. The molecule has 0 unspecified atom stereocenters. The molecule has 9 heteroatoms. The highest BCUT2D eigenvalue weighted by molar-refractivity contribution is 5.93. The van der Waals surface area contributed by atoms with Gasteiger partial charge in [0.1, 0.15) is 11.5 Å². The molecule has 0 bridgehead atoms. The van der Waals surface area contributed by atoms with Crippen molar-refractivity contribution in [3.8, 4) is 0 Å². The Bertz CT molecular complexity index is 609. The maximum absolute atomic E-state index is 12.6. The van der Waals surface area contributed by atoms with Gasteiger partial charge in [-0.15, -0.1) is 0 Å². The zero-order chi connectivity index (χ0) is 14.8. The standard InChI is InChI=1S/C11H10F3N5O/c1-6-2-8(11(12,13)14)19-9(18-6)5-15-10(20)7-3-16-17-4-7/h2-4H,5H2,1H3,(H,15,20)(H,16,17). The molecule has 106 valence electrons. The summed E-state index contributed by atoms with van der Waals surface area (Å²) in [4.78, 5) is 18.8. The van der Waals surface area contributed by atoms with E-state index in [2.05, 4.69) is 25.5 Å². The summed E-state index contributed by atoms with van der Waals surface area (Å²) < 4.78 is 37.7. The fourth-order valence-electron chi connectivity index (χ4n) is 1.49. The van der Waals surface area contributed by atoms with Crippen LogP contribution in [0.5, 0.6) is 0 Å². The van der Waals surface area contributed by atoms with Gasteiger partial charge in [-0.05, 0) is 13.0 Å². The van der Waals surface area contributed by atoms with E-state index in [1.165, 1.54) is 19.3 Å². The highest BCUT2D eigenvalue weighted by atomic mass is 19.4. The Hall–Kier alpha value is -2.45. The number of halogens is 3. The molecule has 0 radical (unpaired) electrons. The van der Waals surface area contributed by atoms with E-state index < -0.39 is 17.8 Å². The number of rotatable bonds is 3. The van der Waals surface area contributed by atoms with E-state index in [0.29, 0.717) is 0 Å². The minimum atomic E-state index is -4.54. The van der Waals surface area contributed by atoms with Crippen LogP contribution in [-0.2, 0) is 12.7 Å². The van der Waals surface area contributed by atoms with Gasteiger partial charge in [0.05, 0.1) is 18.3 Å². The van der Waals surface area contributed by atoms with Crippen molar-refractivity contribution in [2.75, 3.05) is 0 Å². The van der Waals surface area contributed by atoms with Crippen molar-refractivity contribution in [2.24, 2.45) is 0 Å². The third-order valence-electron chi connectivity index (χ3n) is 2.36. The summed E-state index contributed by atoms with van der Waals surface area (Å²) in [6, 6.07) is 0.849. The normalized spacial score (nSPS) is 11.4. The summed E-state index contributed by atoms with van der Waals surface area (Å²) in [7, 11) is 0. The second kappa shape index (κ2) is 5.27. The predicted octanol–water partition coefficient (Wildman–Crippen LogP) is 1.46. The van der Waals surface area contributed by atoms with Crippen LogP contribution in [0.4, 0.5) is 13.2 Å². The molecule has 0 saturated carbocycles. The van der Waals surface area contributed by atoms with Gasteiger partial charge < -0.3 is 5.32 Å². The van der Waals surface area contributed by atoms with Crippen LogP contribution in [0, 0.1) is 6.92 Å². The lowest BCUT2D eigenvalue weighted by Gasteiger charge is -2.09. The van der Waals surface area contributed by atoms with Crippen LogP contribution < -0.4 is 5.32 Å². The van der Waals surface area contributed by atoms with Crippen LogP contribution in [0.25, 0.3) is 0 Å². The van der Waals surface area contributed by atoms with Crippen molar-refractivity contribution in [1.82, 2.24) is 25.5 Å². The second-order valence-corrected chi connectivity index (χ2v) is 3.98. The first-order valence-corrected chi connectivity index (χ1v) is 5.55. The summed E-state index contributed by atoms with van der Waals surface area (Å²) in [6.07, 6.45) is -1.88. The Morgan fingerprint density at radius 1 is 1.40 bits per heavy atom. The Morgan fingerprint density at radius 3 is 2.75 bits per heavy atom. The van der Waals surface area contributed by atoms with Gasteiger partial charge in [0.2, 0.25) is 0 Å². The van der Waals surface area contributed by atoms with Gasteiger partial charge in [-0.2, -0.15) is 18.3 Å². The fourth-order valence-corrected chi connectivity index (χ4v) is 1.49. The number of aromatic nitrogens is 4. The highest BCUT2D eigenvalue weighted by Crippen LogP contribution is 2.27. The lowest BCUT2D eigenvalue weighted by Crippen LogP contribution is -2.24. The summed E-state index contributed by atoms with van der Waals surface area (Å²) in [5.41, 5.74) is -0.578. The fraction of sp³-hybridized carbons (Fsp3) is 0.273. The van der Waals surface area contributed by atoms with Crippen LogP contribution in [-0.4, -0.2) is 26.1 Å². The van der Waals surface area contributed by atoms with Crippen molar-refractivity contribution in [1.29, 1.82) is 0 Å². The molecule has 0 aromatic carbocycles. The predicted molar refractivity (Wildman–Crippen MR) is 61.5 cm³/mol. The summed E-state index contributed by atoms with van der Waals surface area (Å²) in [5.74, 6) is -0.577. The summed E-state index contributed by atoms with van der Waals surface area (Å²) >= 11 is 0. The van der Waals surface area contributed by atoms with E-state index in [4.69, 9.17) is 0 Å². The van der Waals surface area contributed by atoms with E-state index in [1.807, 2.05) is 0 Å². The number of carbonyl (C=O) groups excluding carboxylic acids is 1. The van der Waals surface area contributed by atoms with Crippen molar-refractivity contribution in [3.05, 3.63) is 41.2 Å². The molecule has 0 saturated heterocycles. The highest BCUT2D eigenvalue weighted by Gasteiger charge is 2.33. The van der Waals surface area contributed by atoms with E-state index in [0.717, 1.165) is 6.07 Å². The lowest BCUT2D eigenvalue weighted by atomic mass is 10.3. The smallest absolute Gasteiger partial charge is 0.345 e. The Morgan fingerprint density at radius 2 is 2.15 bits per heavy atom. The number of amides is 1. The number of H-pyrrole nitrogens is 1. The number of hydrogen-bond donors (Lipinski definition) is 2. The first-order valence-electron chi connectivity index (χ1n) is 5.55. The molecule has 2 rings (SSSR count). The van der Waals surface area contributed by atoms with Gasteiger partial charge >= 0.3 is 6.18 Å². The monoisotopic (exact) mass is 285 g/mol. The lowest BCUT2D eigenvalue weighted by molar-refractivity contribution is -0.141. The van der Waals surface area contributed by atoms with Crippen LogP contribution in [0.15, 0.2) is 18.5 Å². The number of nitrogens with zero attached hydrogens (tertiary/aromatic N) is 3. The molecule has 20 heavy (non-hydrogen) atoms. The molecule has 2 heterocycles. The van der Waals surface area contributed by atoms with Crippen molar-refractivity contribution in [3.63, 3.8) is 0 Å². The SMILES string of the molecule is Cc1cc(C(F)(F)F)nc(CNC(=O)c2cn[nH]c2)n1. The first kappa shape index (κ1) is 14.0. The minimum Gasteiger partial charge on any atom is -0.345 e. The number of alkyl halides is 3. The molecule has 0 aliphatic heterocycles. The van der Waals surface area contributed by atoms with Crippen LogP contribution in [0.2, 0.25) is 0 Å². The summed E-state index contributed by atoms with van der Waals surface area (Å²) in [5, 5.41) is 8.46. The van der Waals surface area contributed by atoms with Gasteiger partial charge in [-0.25, -0.2) is 9.97 Å². The van der Waals surface area contributed by atoms with E-state index in [-0.39, 0.29) is 23.6 Å². The molecule has 0 aliphatic rings. The topological polar surface area (TPSA) is 83.6 Å². The van der Waals surface area contributed by atoms with Crippen LogP contribution >= 0.6 is 0 Å². The molecule has 0 spiro atoms. The minimum absolute atomic E-state index is 0.103. The van der Waals surface area contributed by atoms with Gasteiger partial charge in [-0.3, -0.25) is 9.89 Å². The molecule has 2 aromatic heterocycles. The zero-order valence-corrected chi connectivity index (χ0v) is 10.3. The average Bonchev–Trinajstić information content (AvgIpc) is 2.88.